The average molecular weight is 401 g/mol. The van der Waals surface area contributed by atoms with Gasteiger partial charge in [-0.05, 0) is 61.7 Å². The Kier molecular flexibility index (Phi) is 5.36. The molecule has 2 aromatic carbocycles. The molecule has 2 aromatic heterocycles. The van der Waals surface area contributed by atoms with Gasteiger partial charge in [0.1, 0.15) is 5.82 Å². The maximum atomic E-state index is 13.2. The number of benzene rings is 2. The van der Waals surface area contributed by atoms with Crippen molar-refractivity contribution >= 4 is 0 Å². The van der Waals surface area contributed by atoms with Gasteiger partial charge < -0.3 is 9.13 Å². The summed E-state index contributed by atoms with van der Waals surface area (Å²) in [6.45, 7) is 5.98. The smallest absolute Gasteiger partial charge is 0.254 e. The van der Waals surface area contributed by atoms with Crippen molar-refractivity contribution in [2.24, 2.45) is 0 Å². The third-order valence-electron chi connectivity index (χ3n) is 5.47. The van der Waals surface area contributed by atoms with Crippen LogP contribution in [0.4, 0.5) is 4.39 Å². The molecule has 5 heteroatoms. The molecule has 0 spiro atoms. The second-order valence-electron chi connectivity index (χ2n) is 7.69. The number of nitrogens with zero attached hydrogens (tertiary/aromatic N) is 3. The van der Waals surface area contributed by atoms with Gasteiger partial charge in [0.05, 0.1) is 18.1 Å². The molecular weight excluding hydrogens is 377 g/mol. The molecule has 1 unspecified atom stereocenters. The number of aryl methyl sites for hydroxylation is 2. The van der Waals surface area contributed by atoms with Crippen LogP contribution >= 0.6 is 0 Å². The largest absolute Gasteiger partial charge is 0.308 e. The molecule has 2 heterocycles. The lowest BCUT2D eigenvalue weighted by Gasteiger charge is -2.17. The lowest BCUT2D eigenvalue weighted by Crippen LogP contribution is -2.26. The molecule has 0 amide bonds. The van der Waals surface area contributed by atoms with Gasteiger partial charge in [-0.3, -0.25) is 4.79 Å². The molecule has 0 aliphatic heterocycles. The lowest BCUT2D eigenvalue weighted by atomic mass is 10.0. The van der Waals surface area contributed by atoms with Crippen LogP contribution in [0, 0.1) is 19.7 Å². The molecule has 0 bridgehead atoms. The van der Waals surface area contributed by atoms with Gasteiger partial charge in [-0.1, -0.05) is 30.3 Å². The van der Waals surface area contributed by atoms with E-state index in [0.29, 0.717) is 6.42 Å². The Morgan fingerprint density at radius 3 is 2.50 bits per heavy atom. The van der Waals surface area contributed by atoms with E-state index in [-0.39, 0.29) is 17.4 Å². The standard InChI is InChI=1S/C25H24FN3O/c1-17-13-20(6-11-24(17)28-15-18(2)27-16-28)14-22-5-4-12-29(25(22)30)19(3)21-7-9-23(26)10-8-21/h4-13,15-16,19H,14H2,1-3H3. The van der Waals surface area contributed by atoms with Crippen molar-refractivity contribution in [3.05, 3.63) is 117 Å². The van der Waals surface area contributed by atoms with E-state index in [1.807, 2.05) is 43.1 Å². The number of pyridine rings is 1. The fourth-order valence-electron chi connectivity index (χ4n) is 3.79. The van der Waals surface area contributed by atoms with Crippen LogP contribution in [0.15, 0.2) is 78.1 Å². The van der Waals surface area contributed by atoms with Crippen LogP contribution in [0.25, 0.3) is 5.69 Å². The Morgan fingerprint density at radius 1 is 1.07 bits per heavy atom. The molecule has 0 saturated heterocycles. The van der Waals surface area contributed by atoms with E-state index in [1.54, 1.807) is 22.9 Å². The second kappa shape index (κ2) is 8.11. The lowest BCUT2D eigenvalue weighted by molar-refractivity contribution is 0.600. The van der Waals surface area contributed by atoms with E-state index in [9.17, 15) is 9.18 Å². The van der Waals surface area contributed by atoms with Gasteiger partial charge in [0.25, 0.3) is 5.56 Å². The summed E-state index contributed by atoms with van der Waals surface area (Å²) < 4.78 is 16.9. The van der Waals surface area contributed by atoms with Crippen LogP contribution in [-0.4, -0.2) is 14.1 Å². The normalized spacial score (nSPS) is 12.1. The molecule has 0 fully saturated rings. The van der Waals surface area contributed by atoms with Crippen molar-refractivity contribution < 1.29 is 4.39 Å². The molecular formula is C25H24FN3O. The second-order valence-corrected chi connectivity index (χ2v) is 7.69. The van der Waals surface area contributed by atoms with E-state index < -0.39 is 0 Å². The van der Waals surface area contributed by atoms with Crippen LogP contribution in [0.5, 0.6) is 0 Å². The minimum Gasteiger partial charge on any atom is -0.308 e. The zero-order valence-electron chi connectivity index (χ0n) is 17.3. The van der Waals surface area contributed by atoms with Crippen molar-refractivity contribution in [1.29, 1.82) is 0 Å². The van der Waals surface area contributed by atoms with Crippen LogP contribution < -0.4 is 5.56 Å². The Hall–Kier alpha value is -3.47. The fourth-order valence-corrected chi connectivity index (χ4v) is 3.79. The maximum Gasteiger partial charge on any atom is 0.254 e. The van der Waals surface area contributed by atoms with E-state index in [1.165, 1.54) is 12.1 Å². The first kappa shape index (κ1) is 19.8. The van der Waals surface area contributed by atoms with Crippen LogP contribution in [0.1, 0.15) is 40.9 Å². The monoisotopic (exact) mass is 401 g/mol. The summed E-state index contributed by atoms with van der Waals surface area (Å²) in [5.41, 5.74) is 5.86. The molecule has 152 valence electrons. The zero-order chi connectivity index (χ0) is 21.3. The van der Waals surface area contributed by atoms with E-state index in [2.05, 4.69) is 30.1 Å². The van der Waals surface area contributed by atoms with Crippen molar-refractivity contribution in [3.8, 4) is 5.69 Å². The highest BCUT2D eigenvalue weighted by Crippen LogP contribution is 2.19. The summed E-state index contributed by atoms with van der Waals surface area (Å²) in [6, 6.07) is 16.1. The minimum atomic E-state index is -0.281. The van der Waals surface area contributed by atoms with E-state index in [4.69, 9.17) is 0 Å². The average Bonchev–Trinajstić information content (AvgIpc) is 3.16. The summed E-state index contributed by atoms with van der Waals surface area (Å²) in [5, 5.41) is 0. The van der Waals surface area contributed by atoms with Crippen molar-refractivity contribution in [2.45, 2.75) is 33.2 Å². The Labute approximate surface area is 175 Å². The predicted molar refractivity (Wildman–Crippen MR) is 117 cm³/mol. The van der Waals surface area contributed by atoms with Crippen molar-refractivity contribution in [2.75, 3.05) is 0 Å². The van der Waals surface area contributed by atoms with E-state index >= 15 is 0 Å². The summed E-state index contributed by atoms with van der Waals surface area (Å²) in [6.07, 6.45) is 6.15. The highest BCUT2D eigenvalue weighted by molar-refractivity contribution is 5.44. The molecule has 4 rings (SSSR count). The number of hydrogen-bond donors (Lipinski definition) is 0. The van der Waals surface area contributed by atoms with Gasteiger partial charge >= 0.3 is 0 Å². The molecule has 0 N–H and O–H groups in total. The third-order valence-corrected chi connectivity index (χ3v) is 5.47. The van der Waals surface area contributed by atoms with Crippen molar-refractivity contribution in [3.63, 3.8) is 0 Å². The van der Waals surface area contributed by atoms with Crippen molar-refractivity contribution in [1.82, 2.24) is 14.1 Å². The molecule has 4 aromatic rings. The first-order chi connectivity index (χ1) is 14.4. The summed E-state index contributed by atoms with van der Waals surface area (Å²) in [5.74, 6) is -0.281. The molecule has 0 aliphatic rings. The molecule has 0 saturated carbocycles. The van der Waals surface area contributed by atoms with Crippen LogP contribution in [0.2, 0.25) is 0 Å². The van der Waals surface area contributed by atoms with Gasteiger partial charge in [0.15, 0.2) is 0 Å². The number of imidazole rings is 1. The first-order valence-electron chi connectivity index (χ1n) is 9.98. The summed E-state index contributed by atoms with van der Waals surface area (Å²) in [7, 11) is 0. The van der Waals surface area contributed by atoms with Gasteiger partial charge in [-0.15, -0.1) is 0 Å². The first-order valence-corrected chi connectivity index (χ1v) is 9.98. The third kappa shape index (κ3) is 3.96. The summed E-state index contributed by atoms with van der Waals surface area (Å²) >= 11 is 0. The number of hydrogen-bond acceptors (Lipinski definition) is 2. The van der Waals surface area contributed by atoms with Gasteiger partial charge in [-0.2, -0.15) is 0 Å². The zero-order valence-corrected chi connectivity index (χ0v) is 17.3. The van der Waals surface area contributed by atoms with E-state index in [0.717, 1.165) is 33.6 Å². The number of aromatic nitrogens is 3. The maximum absolute atomic E-state index is 13.2. The SMILES string of the molecule is Cc1cn(-c2ccc(Cc3cccn(C(C)c4ccc(F)cc4)c3=O)cc2C)cn1. The quantitative estimate of drug-likeness (QED) is 0.473. The molecule has 4 nitrogen and oxygen atoms in total. The van der Waals surface area contributed by atoms with Gasteiger partial charge in [0.2, 0.25) is 0 Å². The van der Waals surface area contributed by atoms with Gasteiger partial charge in [0, 0.05) is 30.1 Å². The highest BCUT2D eigenvalue weighted by Gasteiger charge is 2.13. The molecule has 0 radical (unpaired) electrons. The Morgan fingerprint density at radius 2 is 1.83 bits per heavy atom. The Balaban J connectivity index is 1.61. The summed E-state index contributed by atoms with van der Waals surface area (Å²) in [4.78, 5) is 17.4. The molecule has 0 aliphatic carbocycles. The highest BCUT2D eigenvalue weighted by atomic mass is 19.1. The number of halogens is 1. The topological polar surface area (TPSA) is 39.8 Å². The minimum absolute atomic E-state index is 0.0266. The molecule has 1 atom stereocenters. The van der Waals surface area contributed by atoms with Crippen LogP contribution in [0.3, 0.4) is 0 Å². The fraction of sp³-hybridized carbons (Fsp3) is 0.200. The predicted octanol–water partition coefficient (Wildman–Crippen LogP) is 4.99. The number of rotatable bonds is 5. The van der Waals surface area contributed by atoms with Gasteiger partial charge in [-0.25, -0.2) is 9.37 Å². The Bertz CT molecular complexity index is 1240. The molecule has 30 heavy (non-hydrogen) atoms. The van der Waals surface area contributed by atoms with Crippen LogP contribution in [-0.2, 0) is 6.42 Å².